The van der Waals surface area contributed by atoms with Gasteiger partial charge in [-0.25, -0.2) is 0 Å². The number of rotatable bonds is 5. The van der Waals surface area contributed by atoms with E-state index in [0.717, 1.165) is 4.47 Å². The Balaban J connectivity index is 2.59. The van der Waals surface area contributed by atoms with Gasteiger partial charge < -0.3 is 5.32 Å². The first-order valence-electron chi connectivity index (χ1n) is 5.66. The molecule has 0 fully saturated rings. The number of halogens is 1. The Morgan fingerprint density at radius 3 is 2.80 bits per heavy atom. The maximum atomic E-state index is 3.56. The quantitative estimate of drug-likeness (QED) is 0.814. The molecule has 0 bridgehead atoms. The minimum absolute atomic E-state index is 0.544. The lowest BCUT2D eigenvalue weighted by Crippen LogP contribution is -2.15. The van der Waals surface area contributed by atoms with E-state index in [1.54, 1.807) is 0 Å². The van der Waals surface area contributed by atoms with Gasteiger partial charge in [-0.3, -0.25) is 0 Å². The van der Waals surface area contributed by atoms with Gasteiger partial charge in [0, 0.05) is 16.2 Å². The number of hydrogen-bond acceptors (Lipinski definition) is 1. The number of hydrogen-bond donors (Lipinski definition) is 1. The summed E-state index contributed by atoms with van der Waals surface area (Å²) in [6.45, 7) is 6.59. The second-order valence-corrected chi connectivity index (χ2v) is 5.03. The third kappa shape index (κ3) is 4.25. The van der Waals surface area contributed by atoms with E-state index in [0.29, 0.717) is 6.04 Å². The Labute approximate surface area is 101 Å². The van der Waals surface area contributed by atoms with E-state index in [4.69, 9.17) is 0 Å². The molecule has 1 atom stereocenters. The highest BCUT2D eigenvalue weighted by Crippen LogP contribution is 2.24. The van der Waals surface area contributed by atoms with E-state index in [1.807, 2.05) is 0 Å². The Morgan fingerprint density at radius 2 is 2.13 bits per heavy atom. The summed E-state index contributed by atoms with van der Waals surface area (Å²) in [5, 5.41) is 3.54. The largest absolute Gasteiger partial charge is 0.382 e. The molecule has 15 heavy (non-hydrogen) atoms. The first-order valence-corrected chi connectivity index (χ1v) is 6.45. The molecule has 84 valence electrons. The van der Waals surface area contributed by atoms with Crippen molar-refractivity contribution in [2.75, 3.05) is 5.32 Å². The lowest BCUT2D eigenvalue weighted by Gasteiger charge is -2.16. The molecule has 1 aromatic rings. The normalized spacial score (nSPS) is 12.5. The van der Waals surface area contributed by atoms with Gasteiger partial charge in [-0.05, 0) is 53.9 Å². The average Bonchev–Trinajstić information content (AvgIpc) is 2.20. The van der Waals surface area contributed by atoms with Crippen LogP contribution in [0.25, 0.3) is 0 Å². The molecule has 1 rings (SSSR count). The van der Waals surface area contributed by atoms with Crippen molar-refractivity contribution in [2.45, 2.75) is 46.1 Å². The Kier molecular flexibility index (Phi) is 5.16. The predicted molar refractivity (Wildman–Crippen MR) is 71.5 cm³/mol. The van der Waals surface area contributed by atoms with E-state index in [1.165, 1.54) is 30.5 Å². The average molecular weight is 270 g/mol. The van der Waals surface area contributed by atoms with Crippen molar-refractivity contribution in [3.63, 3.8) is 0 Å². The molecular formula is C13H20BrN. The van der Waals surface area contributed by atoms with Crippen LogP contribution in [0.3, 0.4) is 0 Å². The van der Waals surface area contributed by atoms with Gasteiger partial charge in [0.1, 0.15) is 0 Å². The highest BCUT2D eigenvalue weighted by atomic mass is 79.9. The van der Waals surface area contributed by atoms with Crippen molar-refractivity contribution >= 4 is 21.6 Å². The van der Waals surface area contributed by atoms with Crippen LogP contribution in [0.1, 0.15) is 38.7 Å². The van der Waals surface area contributed by atoms with Gasteiger partial charge >= 0.3 is 0 Å². The van der Waals surface area contributed by atoms with E-state index >= 15 is 0 Å². The number of aryl methyl sites for hydroxylation is 1. The molecule has 2 heteroatoms. The minimum atomic E-state index is 0.544. The zero-order valence-corrected chi connectivity index (χ0v) is 11.4. The van der Waals surface area contributed by atoms with Crippen molar-refractivity contribution in [1.29, 1.82) is 0 Å². The molecule has 0 aliphatic heterocycles. The molecule has 1 N–H and O–H groups in total. The summed E-state index contributed by atoms with van der Waals surface area (Å²) in [7, 11) is 0. The number of unbranched alkanes of at least 4 members (excludes halogenated alkanes) is 1. The number of anilines is 1. The van der Waals surface area contributed by atoms with Crippen LogP contribution in [-0.4, -0.2) is 6.04 Å². The third-order valence-electron chi connectivity index (χ3n) is 2.51. The molecule has 0 saturated carbocycles. The Hall–Kier alpha value is -0.500. The zero-order valence-electron chi connectivity index (χ0n) is 9.81. The van der Waals surface area contributed by atoms with Gasteiger partial charge in [-0.15, -0.1) is 0 Å². The van der Waals surface area contributed by atoms with Crippen LogP contribution < -0.4 is 5.32 Å². The molecule has 1 aromatic carbocycles. The lowest BCUT2D eigenvalue weighted by atomic mass is 10.1. The summed E-state index contributed by atoms with van der Waals surface area (Å²) in [6, 6.07) is 6.95. The molecule has 0 heterocycles. The SMILES string of the molecule is CCCCC(C)Nc1cc(C)ccc1Br. The van der Waals surface area contributed by atoms with E-state index in [9.17, 15) is 0 Å². The van der Waals surface area contributed by atoms with Crippen molar-refractivity contribution in [3.8, 4) is 0 Å². The molecule has 0 radical (unpaired) electrons. The number of benzene rings is 1. The van der Waals surface area contributed by atoms with Crippen LogP contribution in [0.2, 0.25) is 0 Å². The molecule has 0 amide bonds. The molecule has 0 aliphatic rings. The predicted octanol–water partition coefficient (Wildman–Crippen LogP) is 4.75. The highest BCUT2D eigenvalue weighted by Gasteiger charge is 2.04. The fraction of sp³-hybridized carbons (Fsp3) is 0.538. The van der Waals surface area contributed by atoms with Gasteiger partial charge in [0.15, 0.2) is 0 Å². The topological polar surface area (TPSA) is 12.0 Å². The fourth-order valence-electron chi connectivity index (χ4n) is 1.60. The van der Waals surface area contributed by atoms with Gasteiger partial charge in [0.2, 0.25) is 0 Å². The van der Waals surface area contributed by atoms with Crippen LogP contribution in [0.15, 0.2) is 22.7 Å². The van der Waals surface area contributed by atoms with Gasteiger partial charge in [-0.1, -0.05) is 25.8 Å². The zero-order chi connectivity index (χ0) is 11.3. The van der Waals surface area contributed by atoms with Crippen LogP contribution in [0, 0.1) is 6.92 Å². The number of nitrogens with one attached hydrogen (secondary N) is 1. The molecule has 0 saturated heterocycles. The summed E-state index contributed by atoms with van der Waals surface area (Å²) in [5.74, 6) is 0. The molecule has 1 unspecified atom stereocenters. The second kappa shape index (κ2) is 6.16. The summed E-state index contributed by atoms with van der Waals surface area (Å²) < 4.78 is 1.15. The van der Waals surface area contributed by atoms with Crippen molar-refractivity contribution in [2.24, 2.45) is 0 Å². The molecule has 0 aromatic heterocycles. The van der Waals surface area contributed by atoms with Crippen LogP contribution in [0.5, 0.6) is 0 Å². The molecular weight excluding hydrogens is 250 g/mol. The molecule has 1 nitrogen and oxygen atoms in total. The first-order chi connectivity index (χ1) is 7.13. The van der Waals surface area contributed by atoms with Gasteiger partial charge in [0.05, 0.1) is 0 Å². The van der Waals surface area contributed by atoms with E-state index in [-0.39, 0.29) is 0 Å². The second-order valence-electron chi connectivity index (χ2n) is 4.17. The summed E-state index contributed by atoms with van der Waals surface area (Å²) in [6.07, 6.45) is 3.79. The molecule has 0 spiro atoms. The van der Waals surface area contributed by atoms with Crippen LogP contribution in [-0.2, 0) is 0 Å². The summed E-state index contributed by atoms with van der Waals surface area (Å²) in [5.41, 5.74) is 2.50. The Morgan fingerprint density at radius 1 is 1.40 bits per heavy atom. The van der Waals surface area contributed by atoms with Gasteiger partial charge in [0.25, 0.3) is 0 Å². The van der Waals surface area contributed by atoms with Crippen molar-refractivity contribution < 1.29 is 0 Å². The fourth-order valence-corrected chi connectivity index (χ4v) is 1.96. The van der Waals surface area contributed by atoms with Crippen molar-refractivity contribution in [1.82, 2.24) is 0 Å². The summed E-state index contributed by atoms with van der Waals surface area (Å²) in [4.78, 5) is 0. The van der Waals surface area contributed by atoms with Crippen LogP contribution >= 0.6 is 15.9 Å². The van der Waals surface area contributed by atoms with E-state index < -0.39 is 0 Å². The monoisotopic (exact) mass is 269 g/mol. The standard InChI is InChI=1S/C13H20BrN/c1-4-5-6-11(3)15-13-9-10(2)7-8-12(13)14/h7-9,11,15H,4-6H2,1-3H3. The smallest absolute Gasteiger partial charge is 0.0489 e. The van der Waals surface area contributed by atoms with Crippen molar-refractivity contribution in [3.05, 3.63) is 28.2 Å². The lowest BCUT2D eigenvalue weighted by molar-refractivity contribution is 0.645. The van der Waals surface area contributed by atoms with E-state index in [2.05, 4.69) is 60.2 Å². The van der Waals surface area contributed by atoms with Gasteiger partial charge in [-0.2, -0.15) is 0 Å². The third-order valence-corrected chi connectivity index (χ3v) is 3.21. The minimum Gasteiger partial charge on any atom is -0.382 e. The first kappa shape index (κ1) is 12.6. The summed E-state index contributed by atoms with van der Waals surface area (Å²) >= 11 is 3.56. The highest BCUT2D eigenvalue weighted by molar-refractivity contribution is 9.10. The Bertz CT molecular complexity index is 309. The maximum Gasteiger partial charge on any atom is 0.0489 e. The molecule has 0 aliphatic carbocycles. The maximum absolute atomic E-state index is 3.56. The van der Waals surface area contributed by atoms with Crippen LogP contribution in [0.4, 0.5) is 5.69 Å².